The van der Waals surface area contributed by atoms with Gasteiger partial charge in [-0.05, 0) is 119 Å². The maximum atomic E-state index is 15.8. The predicted octanol–water partition coefficient (Wildman–Crippen LogP) is 6.31. The Balaban J connectivity index is 1.52. The van der Waals surface area contributed by atoms with Gasteiger partial charge < -0.3 is 69.5 Å². The fourth-order valence-electron chi connectivity index (χ4n) is 14.9. The van der Waals surface area contributed by atoms with E-state index in [-0.39, 0.29) is 77.2 Å². The lowest BCUT2D eigenvalue weighted by Gasteiger charge is -2.42. The number of hydrogen-bond acceptors (Lipinski definition) is 14. The first-order valence-electron chi connectivity index (χ1n) is 38.1. The molecular weight excluding hydrogens is 1480 g/mol. The number of likely N-dealkylation sites (N-methyl/N-ethyl adjacent to an activating group) is 6. The van der Waals surface area contributed by atoms with Gasteiger partial charge in [-0.15, -0.1) is 13.2 Å². The molecule has 6 rings (SSSR count). The van der Waals surface area contributed by atoms with Gasteiger partial charge in [-0.3, -0.25) is 57.5 Å². The van der Waals surface area contributed by atoms with Crippen LogP contribution in [-0.4, -0.2) is 277 Å². The minimum atomic E-state index is -5.47. The lowest BCUT2D eigenvalue weighted by atomic mass is 9.90. The third kappa shape index (κ3) is 23.8. The van der Waals surface area contributed by atoms with Crippen LogP contribution in [0.1, 0.15) is 147 Å². The Morgan fingerprint density at radius 3 is 1.88 bits per heavy atom. The Bertz CT molecular complexity index is 3670. The van der Waals surface area contributed by atoms with E-state index in [2.05, 4.69) is 29.1 Å². The highest BCUT2D eigenvalue weighted by Gasteiger charge is 2.50. The molecule has 1 aliphatic carbocycles. The van der Waals surface area contributed by atoms with Crippen LogP contribution in [0.15, 0.2) is 61.7 Å². The van der Waals surface area contributed by atoms with Crippen LogP contribution in [0, 0.1) is 23.5 Å². The molecule has 4 aliphatic rings. The zero-order valence-corrected chi connectivity index (χ0v) is 66.0. The van der Waals surface area contributed by atoms with Gasteiger partial charge in [0.2, 0.25) is 70.9 Å². The zero-order chi connectivity index (χ0) is 83.4. The molecule has 26 nitrogen and oxygen atoms in total. The average Bonchev–Trinajstić information content (AvgIpc) is 1.75. The smallest absolute Gasteiger partial charge is 0.378 e. The van der Waals surface area contributed by atoms with Crippen molar-refractivity contribution in [2.75, 3.05) is 108 Å². The molecule has 3 heterocycles. The van der Waals surface area contributed by atoms with Crippen LogP contribution in [0.4, 0.5) is 35.1 Å². The van der Waals surface area contributed by atoms with Crippen molar-refractivity contribution in [3.05, 3.63) is 95.6 Å². The highest BCUT2D eigenvalue weighted by atomic mass is 19.4. The standard InChI is InChI=1S/C78H110F8N12O14/c1-14-19-20-21-26-57-68(103)88-66(48(6)17-4)73(108)92(10)46-63(101)90(8)47-64(102)97(34-16-3)60(41-49-27-30-52(31-28-49)77(81,82)83)71(106)91(9)45-61(99)87-56(32-29-50-39-54(79)65(55(80)40-50)78(84,85)86)70(105)98-44-53(112-18-5)42-58(98)69(104)89-76(7,33-15-2)75(110)95(13)67(51-24-22-23-25-51)74(109)94(12)59(43-62(100)93(57)11)72(107)96-35-37-111-38-36-96/h14-15,27-28,30-31,39-40,48,51,53,56-60,66-67H,1-2,16-26,29,32-38,41-47H2,3-13H3,(H,87,99)(H,88,103)(H,89,104)/t48-,53+,56-,57-,58-,59-,60-,66-,67-,76+/m0/s1. The second-order valence-corrected chi connectivity index (χ2v) is 29.8. The van der Waals surface area contributed by atoms with E-state index < -0.39 is 223 Å². The Morgan fingerprint density at radius 2 is 1.31 bits per heavy atom. The molecule has 0 spiro atoms. The second kappa shape index (κ2) is 41.1. The number of allylic oxidation sites excluding steroid dienone is 1. The van der Waals surface area contributed by atoms with E-state index in [1.165, 1.54) is 53.1 Å². The molecule has 4 fully saturated rings. The molecule has 622 valence electrons. The summed E-state index contributed by atoms with van der Waals surface area (Å²) < 4.78 is 125. The molecule has 0 aromatic heterocycles. The lowest BCUT2D eigenvalue weighted by Crippen LogP contribution is -2.65. The first-order valence-corrected chi connectivity index (χ1v) is 38.1. The second-order valence-electron chi connectivity index (χ2n) is 29.8. The van der Waals surface area contributed by atoms with Crippen LogP contribution in [0.25, 0.3) is 0 Å². The molecule has 0 unspecified atom stereocenters. The summed E-state index contributed by atoms with van der Waals surface area (Å²) in [4.78, 5) is 191. The maximum absolute atomic E-state index is 15.8. The average molecular weight is 1590 g/mol. The van der Waals surface area contributed by atoms with Crippen LogP contribution >= 0.6 is 0 Å². The van der Waals surface area contributed by atoms with Crippen LogP contribution < -0.4 is 16.0 Å². The number of ether oxygens (including phenoxy) is 2. The van der Waals surface area contributed by atoms with E-state index in [0.717, 1.165) is 70.5 Å². The monoisotopic (exact) mass is 1590 g/mol. The van der Waals surface area contributed by atoms with E-state index >= 15 is 47.1 Å². The molecule has 3 N–H and O–H groups in total. The number of hydrogen-bond donors (Lipinski definition) is 3. The summed E-state index contributed by atoms with van der Waals surface area (Å²) in [5.74, 6) is -15.7. The van der Waals surface area contributed by atoms with Crippen LogP contribution in [0.3, 0.4) is 0 Å². The molecule has 1 saturated carbocycles. The highest BCUT2D eigenvalue weighted by Crippen LogP contribution is 2.37. The molecule has 0 bridgehead atoms. The van der Waals surface area contributed by atoms with E-state index in [0.29, 0.717) is 63.5 Å². The molecule has 3 saturated heterocycles. The van der Waals surface area contributed by atoms with E-state index in [9.17, 15) is 45.5 Å². The summed E-state index contributed by atoms with van der Waals surface area (Å²) in [5, 5.41) is 8.15. The summed E-state index contributed by atoms with van der Waals surface area (Å²) in [5.41, 5.74) is -5.60. The van der Waals surface area contributed by atoms with Gasteiger partial charge in [0.15, 0.2) is 0 Å². The molecule has 2 aromatic rings. The first-order chi connectivity index (χ1) is 52.7. The first kappa shape index (κ1) is 91.8. The quantitative estimate of drug-likeness (QED) is 0.0744. The fourth-order valence-corrected chi connectivity index (χ4v) is 14.9. The van der Waals surface area contributed by atoms with Crippen molar-refractivity contribution >= 4 is 70.9 Å². The van der Waals surface area contributed by atoms with Gasteiger partial charge in [0.1, 0.15) is 65.0 Å². The summed E-state index contributed by atoms with van der Waals surface area (Å²) in [7, 11) is 7.68. The van der Waals surface area contributed by atoms with Crippen molar-refractivity contribution in [2.24, 2.45) is 11.8 Å². The summed E-state index contributed by atoms with van der Waals surface area (Å²) in [6.07, 6.45) is -7.27. The highest BCUT2D eigenvalue weighted by molar-refractivity contribution is 6.01. The van der Waals surface area contributed by atoms with Gasteiger partial charge in [0.05, 0.1) is 50.9 Å². The lowest BCUT2D eigenvalue weighted by molar-refractivity contribution is -0.157. The van der Waals surface area contributed by atoms with Gasteiger partial charge >= 0.3 is 12.4 Å². The predicted molar refractivity (Wildman–Crippen MR) is 396 cm³/mol. The number of fused-ring (bicyclic) bond motifs is 1. The van der Waals surface area contributed by atoms with Gasteiger partial charge in [0, 0.05) is 87.9 Å². The number of unbranched alkanes of at least 4 members (excludes halogenated alkanes) is 2. The molecule has 112 heavy (non-hydrogen) atoms. The van der Waals surface area contributed by atoms with Crippen LogP contribution in [-0.2, 0) is 92.2 Å². The minimum Gasteiger partial charge on any atom is -0.378 e. The van der Waals surface area contributed by atoms with Crippen molar-refractivity contribution in [2.45, 2.75) is 204 Å². The topological polar surface area (TPSA) is 289 Å². The number of carbonyl (C=O) groups excluding carboxylic acids is 12. The molecule has 10 atom stereocenters. The fraction of sp³-hybridized carbons (Fsp3) is 0.641. The Kier molecular flexibility index (Phi) is 33.7. The number of nitrogens with one attached hydrogen (secondary N) is 3. The number of benzene rings is 2. The summed E-state index contributed by atoms with van der Waals surface area (Å²) in [6.45, 7) is 13.1. The van der Waals surface area contributed by atoms with Gasteiger partial charge in [-0.25, -0.2) is 8.78 Å². The number of halogens is 8. The number of carbonyl (C=O) groups is 12. The summed E-state index contributed by atoms with van der Waals surface area (Å²) in [6, 6.07) is -6.26. The van der Waals surface area contributed by atoms with Crippen LogP contribution in [0.5, 0.6) is 0 Å². The van der Waals surface area contributed by atoms with Crippen LogP contribution in [0.2, 0.25) is 0 Å². The molecule has 2 aromatic carbocycles. The molecule has 34 heteroatoms. The third-order valence-corrected chi connectivity index (χ3v) is 21.6. The summed E-state index contributed by atoms with van der Waals surface area (Å²) >= 11 is 0. The normalized spacial score (nSPS) is 25.2. The molecule has 3 aliphatic heterocycles. The number of nitrogens with zero attached hydrogens (tertiary/aromatic N) is 9. The SMILES string of the molecule is C=CCCCC[C@H]1C(=O)N[C@@H]([C@@H](C)CC)C(=O)N(C)CC(=O)N(C)CC(=O)N(CCC)[C@@H](Cc2ccc(C(F)(F)F)cc2)C(=O)N(C)CC(=O)N[C@@H](CCc2cc(F)c(C(F)(F)F)c(F)c2)C(=O)N2C[C@H](OCC)C[C@H]2C(=O)N[C@](C)(CC=C)C(=O)N(C)[C@@H](C2CCCC2)C(=O)N(C)[C@H](C(=O)N2CCOCC2)CC(=O)N1C. The van der Waals surface area contributed by atoms with Crippen molar-refractivity contribution in [3.8, 4) is 0 Å². The van der Waals surface area contributed by atoms with E-state index in [4.69, 9.17) is 9.47 Å². The molecule has 12 amide bonds. The number of rotatable bonds is 20. The number of amides is 12. The Hall–Kier alpha value is -9.08. The minimum absolute atomic E-state index is 0.0294. The number of alkyl halides is 6. The third-order valence-electron chi connectivity index (χ3n) is 21.6. The van der Waals surface area contributed by atoms with E-state index in [1.54, 1.807) is 33.8 Å². The van der Waals surface area contributed by atoms with Gasteiger partial charge in [0.25, 0.3) is 0 Å². The zero-order valence-electron chi connectivity index (χ0n) is 66.0. The van der Waals surface area contributed by atoms with Crippen molar-refractivity contribution in [1.29, 1.82) is 0 Å². The Labute approximate surface area is 649 Å². The van der Waals surface area contributed by atoms with Crippen molar-refractivity contribution in [1.82, 2.24) is 60.0 Å². The maximum Gasteiger partial charge on any atom is 0.422 e. The van der Waals surface area contributed by atoms with Gasteiger partial charge in [-0.2, -0.15) is 26.3 Å². The van der Waals surface area contributed by atoms with Crippen molar-refractivity contribution in [3.63, 3.8) is 0 Å². The molecule has 0 radical (unpaired) electrons. The van der Waals surface area contributed by atoms with E-state index in [1.807, 2.05) is 0 Å². The van der Waals surface area contributed by atoms with Crippen molar-refractivity contribution < 1.29 is 102 Å². The molecular formula is C78H110F8N12O14. The number of aryl methyl sites for hydroxylation is 1. The Morgan fingerprint density at radius 1 is 0.696 bits per heavy atom. The van der Waals surface area contributed by atoms with Gasteiger partial charge in [-0.1, -0.05) is 70.7 Å². The number of morpholine rings is 1. The largest absolute Gasteiger partial charge is 0.422 e.